The molecule has 1 rings (SSSR count). The summed E-state index contributed by atoms with van der Waals surface area (Å²) in [5.41, 5.74) is 7.12. The lowest BCUT2D eigenvalue weighted by Crippen LogP contribution is -2.22. The monoisotopic (exact) mass is 236 g/mol. The Morgan fingerprint density at radius 3 is 2.71 bits per heavy atom. The van der Waals surface area contributed by atoms with Gasteiger partial charge in [-0.15, -0.1) is 0 Å². The van der Waals surface area contributed by atoms with E-state index in [0.717, 1.165) is 24.8 Å². The average Bonchev–Trinajstić information content (AvgIpc) is 2.26. The van der Waals surface area contributed by atoms with Crippen LogP contribution in [0.25, 0.3) is 0 Å². The van der Waals surface area contributed by atoms with Crippen LogP contribution in [0, 0.1) is 16.0 Å². The minimum absolute atomic E-state index is 0.153. The van der Waals surface area contributed by atoms with E-state index in [2.05, 4.69) is 13.8 Å². The summed E-state index contributed by atoms with van der Waals surface area (Å²) in [6, 6.07) is 6.95. The SMILES string of the molecule is CC(C)CC(N)CCc1cccc([N+](=O)[O-])c1. The molecule has 1 aromatic rings. The van der Waals surface area contributed by atoms with Crippen molar-refractivity contribution in [3.05, 3.63) is 39.9 Å². The third-order valence-electron chi connectivity index (χ3n) is 2.70. The van der Waals surface area contributed by atoms with Crippen molar-refractivity contribution in [1.82, 2.24) is 0 Å². The molecule has 0 aliphatic carbocycles. The highest BCUT2D eigenvalue weighted by Gasteiger charge is 2.08. The number of benzene rings is 1. The van der Waals surface area contributed by atoms with E-state index >= 15 is 0 Å². The van der Waals surface area contributed by atoms with E-state index in [4.69, 9.17) is 5.73 Å². The Balaban J connectivity index is 2.51. The van der Waals surface area contributed by atoms with E-state index in [0.29, 0.717) is 5.92 Å². The number of nitro groups is 1. The van der Waals surface area contributed by atoms with Crippen molar-refractivity contribution in [2.45, 2.75) is 39.2 Å². The van der Waals surface area contributed by atoms with Gasteiger partial charge in [0.25, 0.3) is 5.69 Å². The fourth-order valence-electron chi connectivity index (χ4n) is 1.90. The highest BCUT2D eigenvalue weighted by atomic mass is 16.6. The minimum Gasteiger partial charge on any atom is -0.328 e. The molecule has 0 aliphatic heterocycles. The second-order valence-electron chi connectivity index (χ2n) is 4.86. The van der Waals surface area contributed by atoms with Crippen molar-refractivity contribution in [1.29, 1.82) is 0 Å². The van der Waals surface area contributed by atoms with E-state index in [1.54, 1.807) is 12.1 Å². The van der Waals surface area contributed by atoms with Gasteiger partial charge in [0.1, 0.15) is 0 Å². The molecule has 4 heteroatoms. The first-order valence-corrected chi connectivity index (χ1v) is 5.98. The predicted octanol–water partition coefficient (Wildman–Crippen LogP) is 2.90. The summed E-state index contributed by atoms with van der Waals surface area (Å²) < 4.78 is 0. The van der Waals surface area contributed by atoms with Gasteiger partial charge in [0.15, 0.2) is 0 Å². The van der Waals surface area contributed by atoms with E-state index in [1.165, 1.54) is 6.07 Å². The Hall–Kier alpha value is -1.42. The molecule has 0 spiro atoms. The predicted molar refractivity (Wildman–Crippen MR) is 68.8 cm³/mol. The Morgan fingerprint density at radius 1 is 1.41 bits per heavy atom. The Labute approximate surface area is 102 Å². The molecule has 2 N–H and O–H groups in total. The molecule has 0 saturated heterocycles. The number of aryl methyl sites for hydroxylation is 1. The number of hydrogen-bond acceptors (Lipinski definition) is 3. The zero-order chi connectivity index (χ0) is 12.8. The summed E-state index contributed by atoms with van der Waals surface area (Å²) in [5.74, 6) is 0.593. The van der Waals surface area contributed by atoms with Crippen LogP contribution in [-0.2, 0) is 6.42 Å². The van der Waals surface area contributed by atoms with Crippen LogP contribution >= 0.6 is 0 Å². The molecule has 0 fully saturated rings. The second-order valence-corrected chi connectivity index (χ2v) is 4.86. The highest BCUT2D eigenvalue weighted by Crippen LogP contribution is 2.16. The van der Waals surface area contributed by atoms with Crippen LogP contribution in [0.4, 0.5) is 5.69 Å². The number of nitro benzene ring substituents is 1. The Bertz CT molecular complexity index is 377. The fraction of sp³-hybridized carbons (Fsp3) is 0.538. The first kappa shape index (κ1) is 13.6. The van der Waals surface area contributed by atoms with Gasteiger partial charge < -0.3 is 5.73 Å². The molecule has 1 unspecified atom stereocenters. The summed E-state index contributed by atoms with van der Waals surface area (Å²) in [4.78, 5) is 10.3. The van der Waals surface area contributed by atoms with E-state index in [-0.39, 0.29) is 16.7 Å². The van der Waals surface area contributed by atoms with Crippen molar-refractivity contribution in [3.63, 3.8) is 0 Å². The second kappa shape index (κ2) is 6.35. The van der Waals surface area contributed by atoms with Crippen LogP contribution in [0.1, 0.15) is 32.3 Å². The molecule has 0 amide bonds. The summed E-state index contributed by atoms with van der Waals surface area (Å²) >= 11 is 0. The zero-order valence-corrected chi connectivity index (χ0v) is 10.4. The van der Waals surface area contributed by atoms with Crippen molar-refractivity contribution < 1.29 is 4.92 Å². The lowest BCUT2D eigenvalue weighted by molar-refractivity contribution is -0.384. The molecule has 0 aliphatic rings. The van der Waals surface area contributed by atoms with Crippen molar-refractivity contribution >= 4 is 5.69 Å². The van der Waals surface area contributed by atoms with Gasteiger partial charge in [-0.05, 0) is 30.7 Å². The van der Waals surface area contributed by atoms with Crippen LogP contribution in [0.2, 0.25) is 0 Å². The van der Waals surface area contributed by atoms with Crippen LogP contribution in [0.5, 0.6) is 0 Å². The van der Waals surface area contributed by atoms with E-state index in [1.807, 2.05) is 6.07 Å². The fourth-order valence-corrected chi connectivity index (χ4v) is 1.90. The van der Waals surface area contributed by atoms with Gasteiger partial charge in [-0.3, -0.25) is 10.1 Å². The normalized spacial score (nSPS) is 12.7. The first-order chi connectivity index (χ1) is 7.99. The quantitative estimate of drug-likeness (QED) is 0.610. The largest absolute Gasteiger partial charge is 0.328 e. The molecule has 1 aromatic carbocycles. The highest BCUT2D eigenvalue weighted by molar-refractivity contribution is 5.34. The van der Waals surface area contributed by atoms with Gasteiger partial charge in [-0.2, -0.15) is 0 Å². The first-order valence-electron chi connectivity index (χ1n) is 5.98. The van der Waals surface area contributed by atoms with Crippen molar-refractivity contribution in [3.8, 4) is 0 Å². The molecule has 0 bridgehead atoms. The standard InChI is InChI=1S/C13H20N2O2/c1-10(2)8-12(14)7-6-11-4-3-5-13(9-11)15(16)17/h3-5,9-10,12H,6-8,14H2,1-2H3. The third kappa shape index (κ3) is 4.95. The average molecular weight is 236 g/mol. The number of nitrogens with zero attached hydrogens (tertiary/aromatic N) is 1. The smallest absolute Gasteiger partial charge is 0.269 e. The Kier molecular flexibility index (Phi) is 5.10. The van der Waals surface area contributed by atoms with Gasteiger partial charge in [0, 0.05) is 18.2 Å². The molecule has 94 valence electrons. The van der Waals surface area contributed by atoms with E-state index in [9.17, 15) is 10.1 Å². The minimum atomic E-state index is -0.364. The zero-order valence-electron chi connectivity index (χ0n) is 10.4. The Morgan fingerprint density at radius 2 is 2.12 bits per heavy atom. The third-order valence-corrected chi connectivity index (χ3v) is 2.70. The number of hydrogen-bond donors (Lipinski definition) is 1. The van der Waals surface area contributed by atoms with Crippen LogP contribution in [0.3, 0.4) is 0 Å². The summed E-state index contributed by atoms with van der Waals surface area (Å²) in [7, 11) is 0. The van der Waals surface area contributed by atoms with Gasteiger partial charge in [-0.1, -0.05) is 26.0 Å². The molecule has 4 nitrogen and oxygen atoms in total. The van der Waals surface area contributed by atoms with Crippen LogP contribution in [-0.4, -0.2) is 11.0 Å². The molecule has 0 aromatic heterocycles. The number of nitrogens with two attached hydrogens (primary N) is 1. The maximum absolute atomic E-state index is 10.6. The summed E-state index contributed by atoms with van der Waals surface area (Å²) in [5, 5.41) is 10.6. The van der Waals surface area contributed by atoms with Gasteiger partial charge in [-0.25, -0.2) is 0 Å². The number of non-ortho nitro benzene ring substituents is 1. The molecule has 1 atom stereocenters. The van der Waals surface area contributed by atoms with Gasteiger partial charge in [0.05, 0.1) is 4.92 Å². The topological polar surface area (TPSA) is 69.2 Å². The lowest BCUT2D eigenvalue weighted by Gasteiger charge is -2.13. The van der Waals surface area contributed by atoms with Crippen LogP contribution in [0.15, 0.2) is 24.3 Å². The van der Waals surface area contributed by atoms with Crippen molar-refractivity contribution in [2.24, 2.45) is 11.7 Å². The summed E-state index contributed by atoms with van der Waals surface area (Å²) in [6.07, 6.45) is 2.67. The number of rotatable bonds is 6. The maximum Gasteiger partial charge on any atom is 0.269 e. The molecule has 0 radical (unpaired) electrons. The van der Waals surface area contributed by atoms with Gasteiger partial charge in [0.2, 0.25) is 0 Å². The molecular weight excluding hydrogens is 216 g/mol. The molecule has 17 heavy (non-hydrogen) atoms. The maximum atomic E-state index is 10.6. The molecule has 0 heterocycles. The summed E-state index contributed by atoms with van der Waals surface area (Å²) in [6.45, 7) is 4.29. The lowest BCUT2D eigenvalue weighted by atomic mass is 9.98. The van der Waals surface area contributed by atoms with E-state index < -0.39 is 0 Å². The van der Waals surface area contributed by atoms with Gasteiger partial charge >= 0.3 is 0 Å². The molecule has 0 saturated carbocycles. The van der Waals surface area contributed by atoms with Crippen molar-refractivity contribution in [2.75, 3.05) is 0 Å². The molecular formula is C13H20N2O2. The van der Waals surface area contributed by atoms with Crippen LogP contribution < -0.4 is 5.73 Å².